The Hall–Kier alpha value is -2.07. The second kappa shape index (κ2) is 5.92. The number of carbonyl (C=O) groups is 1. The molecule has 0 unspecified atom stereocenters. The summed E-state index contributed by atoms with van der Waals surface area (Å²) in [5.74, 6) is -0.439. The van der Waals surface area contributed by atoms with Crippen LogP contribution in [-0.2, 0) is 4.74 Å². The first-order valence-corrected chi connectivity index (χ1v) is 6.47. The van der Waals surface area contributed by atoms with E-state index in [-0.39, 0.29) is 0 Å². The average Bonchev–Trinajstić information content (AvgIpc) is 2.46. The molecule has 0 saturated carbocycles. The van der Waals surface area contributed by atoms with Gasteiger partial charge >= 0.3 is 5.97 Å². The summed E-state index contributed by atoms with van der Waals surface area (Å²) in [5, 5.41) is 3.66. The van der Waals surface area contributed by atoms with Crippen LogP contribution in [0.15, 0.2) is 30.5 Å². The topological polar surface area (TPSA) is 51.2 Å². The monoisotopic (exact) mass is 290 g/mol. The van der Waals surface area contributed by atoms with Crippen LogP contribution in [0.5, 0.6) is 0 Å². The Morgan fingerprint density at radius 3 is 2.65 bits per heavy atom. The molecule has 0 spiro atoms. The zero-order valence-electron chi connectivity index (χ0n) is 11.5. The van der Waals surface area contributed by atoms with E-state index in [1.807, 2.05) is 38.2 Å². The minimum Gasteiger partial charge on any atom is -0.464 e. The molecule has 4 nitrogen and oxygen atoms in total. The largest absolute Gasteiger partial charge is 0.464 e. The van der Waals surface area contributed by atoms with Crippen molar-refractivity contribution < 1.29 is 9.53 Å². The SMILES string of the molecule is CNc1ccc(-c2cnc(C(=O)OC)c(C)c2)c(Cl)c1. The fraction of sp³-hybridized carbons (Fsp3) is 0.200. The molecule has 1 aromatic carbocycles. The van der Waals surface area contributed by atoms with Gasteiger partial charge in [0.15, 0.2) is 5.69 Å². The van der Waals surface area contributed by atoms with Gasteiger partial charge in [-0.3, -0.25) is 0 Å². The Labute approximate surface area is 122 Å². The molecule has 1 heterocycles. The third-order valence-electron chi connectivity index (χ3n) is 3.03. The summed E-state index contributed by atoms with van der Waals surface area (Å²) in [4.78, 5) is 15.7. The van der Waals surface area contributed by atoms with Crippen molar-refractivity contribution in [3.05, 3.63) is 46.7 Å². The molecule has 0 fully saturated rings. The lowest BCUT2D eigenvalue weighted by molar-refractivity contribution is 0.0593. The molecule has 0 atom stereocenters. The fourth-order valence-corrected chi connectivity index (χ4v) is 2.23. The molecule has 2 rings (SSSR count). The Balaban J connectivity index is 2.44. The van der Waals surface area contributed by atoms with Crippen molar-refractivity contribution in [1.29, 1.82) is 0 Å². The summed E-state index contributed by atoms with van der Waals surface area (Å²) in [5.41, 5.74) is 3.75. The predicted molar refractivity (Wildman–Crippen MR) is 80.3 cm³/mol. The summed E-state index contributed by atoms with van der Waals surface area (Å²) in [6.45, 7) is 1.82. The molecule has 20 heavy (non-hydrogen) atoms. The Bertz CT molecular complexity index is 656. The van der Waals surface area contributed by atoms with Crippen LogP contribution in [0.1, 0.15) is 16.1 Å². The highest BCUT2D eigenvalue weighted by Crippen LogP contribution is 2.30. The van der Waals surface area contributed by atoms with Crippen molar-refractivity contribution in [1.82, 2.24) is 4.98 Å². The van der Waals surface area contributed by atoms with E-state index >= 15 is 0 Å². The smallest absolute Gasteiger partial charge is 0.356 e. The summed E-state index contributed by atoms with van der Waals surface area (Å²) in [6, 6.07) is 7.58. The summed E-state index contributed by atoms with van der Waals surface area (Å²) in [6.07, 6.45) is 1.62. The maximum Gasteiger partial charge on any atom is 0.356 e. The molecule has 1 N–H and O–H groups in total. The van der Waals surface area contributed by atoms with E-state index in [1.54, 1.807) is 6.20 Å². The quantitative estimate of drug-likeness (QED) is 0.879. The van der Waals surface area contributed by atoms with Crippen LogP contribution < -0.4 is 5.32 Å². The lowest BCUT2D eigenvalue weighted by atomic mass is 10.0. The fourth-order valence-electron chi connectivity index (χ4n) is 1.94. The van der Waals surface area contributed by atoms with Crippen molar-refractivity contribution >= 4 is 23.3 Å². The van der Waals surface area contributed by atoms with Gasteiger partial charge in [-0.05, 0) is 30.7 Å². The van der Waals surface area contributed by atoms with E-state index in [1.165, 1.54) is 7.11 Å². The highest BCUT2D eigenvalue weighted by molar-refractivity contribution is 6.33. The van der Waals surface area contributed by atoms with Gasteiger partial charge in [0.25, 0.3) is 0 Å². The predicted octanol–water partition coefficient (Wildman–Crippen LogP) is 3.54. The number of esters is 1. The molecule has 0 aliphatic rings. The van der Waals surface area contributed by atoms with Crippen LogP contribution in [0, 0.1) is 6.92 Å². The van der Waals surface area contributed by atoms with Crippen molar-refractivity contribution in [3.63, 3.8) is 0 Å². The Morgan fingerprint density at radius 2 is 2.10 bits per heavy atom. The molecule has 0 saturated heterocycles. The van der Waals surface area contributed by atoms with Crippen LogP contribution >= 0.6 is 11.6 Å². The van der Waals surface area contributed by atoms with Gasteiger partial charge in [-0.25, -0.2) is 9.78 Å². The number of aromatic nitrogens is 1. The molecule has 2 aromatic rings. The van der Waals surface area contributed by atoms with E-state index in [9.17, 15) is 4.79 Å². The number of halogens is 1. The molecule has 0 amide bonds. The molecular formula is C15H15ClN2O2. The highest BCUT2D eigenvalue weighted by atomic mass is 35.5. The summed E-state index contributed by atoms with van der Waals surface area (Å²) >= 11 is 6.27. The molecule has 104 valence electrons. The Kier molecular flexibility index (Phi) is 4.25. The van der Waals surface area contributed by atoms with Gasteiger partial charge in [0.05, 0.1) is 12.1 Å². The van der Waals surface area contributed by atoms with Gasteiger partial charge in [0.1, 0.15) is 0 Å². The van der Waals surface area contributed by atoms with E-state index in [0.717, 1.165) is 22.4 Å². The van der Waals surface area contributed by atoms with Gasteiger partial charge < -0.3 is 10.1 Å². The van der Waals surface area contributed by atoms with Crippen LogP contribution in [-0.4, -0.2) is 25.1 Å². The Morgan fingerprint density at radius 1 is 1.35 bits per heavy atom. The first-order valence-electron chi connectivity index (χ1n) is 6.09. The van der Waals surface area contributed by atoms with Gasteiger partial charge in [0.2, 0.25) is 0 Å². The molecule has 0 aliphatic heterocycles. The molecule has 0 radical (unpaired) electrons. The first-order chi connectivity index (χ1) is 9.56. The number of nitrogens with one attached hydrogen (secondary N) is 1. The third-order valence-corrected chi connectivity index (χ3v) is 3.34. The van der Waals surface area contributed by atoms with E-state index < -0.39 is 5.97 Å². The molecule has 0 bridgehead atoms. The maximum absolute atomic E-state index is 11.5. The van der Waals surface area contributed by atoms with E-state index in [4.69, 9.17) is 11.6 Å². The molecule has 0 aliphatic carbocycles. The second-order valence-corrected chi connectivity index (χ2v) is 4.73. The lowest BCUT2D eigenvalue weighted by Crippen LogP contribution is -2.06. The molecular weight excluding hydrogens is 276 g/mol. The second-order valence-electron chi connectivity index (χ2n) is 4.33. The number of anilines is 1. The number of benzene rings is 1. The van der Waals surface area contributed by atoms with E-state index in [0.29, 0.717) is 10.7 Å². The lowest BCUT2D eigenvalue weighted by Gasteiger charge is -2.09. The number of hydrogen-bond donors (Lipinski definition) is 1. The average molecular weight is 291 g/mol. The van der Waals surface area contributed by atoms with Gasteiger partial charge in [0, 0.05) is 30.1 Å². The van der Waals surface area contributed by atoms with Crippen LogP contribution in [0.25, 0.3) is 11.1 Å². The summed E-state index contributed by atoms with van der Waals surface area (Å²) in [7, 11) is 3.17. The number of carbonyl (C=O) groups excluding carboxylic acids is 1. The minimum absolute atomic E-state index is 0.319. The minimum atomic E-state index is -0.439. The maximum atomic E-state index is 11.5. The number of hydrogen-bond acceptors (Lipinski definition) is 4. The first kappa shape index (κ1) is 14.3. The van der Waals surface area contributed by atoms with Gasteiger partial charge in [-0.1, -0.05) is 17.7 Å². The molecule has 5 heteroatoms. The number of ether oxygens (including phenoxy) is 1. The van der Waals surface area contributed by atoms with Crippen LogP contribution in [0.3, 0.4) is 0 Å². The summed E-state index contributed by atoms with van der Waals surface area (Å²) < 4.78 is 4.68. The van der Waals surface area contributed by atoms with Crippen LogP contribution in [0.4, 0.5) is 5.69 Å². The van der Waals surface area contributed by atoms with Crippen molar-refractivity contribution in [3.8, 4) is 11.1 Å². The number of pyridine rings is 1. The van der Waals surface area contributed by atoms with Crippen molar-refractivity contribution in [2.75, 3.05) is 19.5 Å². The zero-order chi connectivity index (χ0) is 14.7. The number of aryl methyl sites for hydroxylation is 1. The van der Waals surface area contributed by atoms with Gasteiger partial charge in [-0.15, -0.1) is 0 Å². The van der Waals surface area contributed by atoms with Crippen LogP contribution in [0.2, 0.25) is 5.02 Å². The normalized spacial score (nSPS) is 10.2. The zero-order valence-corrected chi connectivity index (χ0v) is 12.3. The number of nitrogens with zero attached hydrogens (tertiary/aromatic N) is 1. The van der Waals surface area contributed by atoms with Crippen molar-refractivity contribution in [2.45, 2.75) is 6.92 Å². The highest BCUT2D eigenvalue weighted by Gasteiger charge is 2.13. The number of methoxy groups -OCH3 is 1. The van der Waals surface area contributed by atoms with Crippen molar-refractivity contribution in [2.24, 2.45) is 0 Å². The standard InChI is InChI=1S/C15H15ClN2O2/c1-9-6-10(8-18-14(9)15(19)20-3)12-5-4-11(17-2)7-13(12)16/h4-8,17H,1-3H3. The molecule has 1 aromatic heterocycles. The third kappa shape index (κ3) is 2.75. The van der Waals surface area contributed by atoms with E-state index in [2.05, 4.69) is 15.0 Å². The van der Waals surface area contributed by atoms with Gasteiger partial charge in [-0.2, -0.15) is 0 Å². The number of rotatable bonds is 3.